The minimum atomic E-state index is -3.19. The van der Waals surface area contributed by atoms with Gasteiger partial charge in [-0.25, -0.2) is 8.42 Å². The summed E-state index contributed by atoms with van der Waals surface area (Å²) in [5.41, 5.74) is 1.51. The maximum atomic E-state index is 11.3. The summed E-state index contributed by atoms with van der Waals surface area (Å²) in [6, 6.07) is 8.21. The van der Waals surface area contributed by atoms with Crippen molar-refractivity contribution in [2.24, 2.45) is 0 Å². The van der Waals surface area contributed by atoms with Gasteiger partial charge in [-0.1, -0.05) is 12.1 Å². The first-order chi connectivity index (χ1) is 8.36. The maximum Gasteiger partial charge on any atom is 0.194 e. The minimum Gasteiger partial charge on any atom is -0.619 e. The van der Waals surface area contributed by atoms with E-state index >= 15 is 0 Å². The summed E-state index contributed by atoms with van der Waals surface area (Å²) in [4.78, 5) is 0.260. The van der Waals surface area contributed by atoms with E-state index in [0.717, 1.165) is 17.4 Å². The van der Waals surface area contributed by atoms with Crippen LogP contribution in [-0.2, 0) is 9.84 Å². The molecule has 0 fully saturated rings. The van der Waals surface area contributed by atoms with Crippen molar-refractivity contribution in [2.75, 3.05) is 6.26 Å². The fraction of sp³-hybridized carbons (Fsp3) is 0.0833. The first-order valence-electron chi connectivity index (χ1n) is 5.06. The Hall–Kier alpha value is -1.40. The minimum absolute atomic E-state index is 0.260. The first-order valence-corrected chi connectivity index (χ1v) is 7.74. The number of rotatable bonds is 2. The van der Waals surface area contributed by atoms with Crippen molar-refractivity contribution >= 4 is 25.8 Å². The highest BCUT2D eigenvalue weighted by Crippen LogP contribution is 2.22. The molecule has 94 valence electrons. The van der Waals surface area contributed by atoms with Crippen molar-refractivity contribution in [1.82, 2.24) is 0 Å². The van der Waals surface area contributed by atoms with Crippen LogP contribution in [0.2, 0.25) is 0 Å². The van der Waals surface area contributed by atoms with E-state index in [-0.39, 0.29) is 4.90 Å². The summed E-state index contributed by atoms with van der Waals surface area (Å²) in [5, 5.41) is 11.3. The molecule has 1 heterocycles. The molecule has 0 aliphatic heterocycles. The third-order valence-electron chi connectivity index (χ3n) is 2.43. The molecule has 1 aromatic carbocycles. The van der Waals surface area contributed by atoms with Crippen LogP contribution in [-0.4, -0.2) is 14.7 Å². The predicted molar refractivity (Wildman–Crippen MR) is 71.6 cm³/mol. The monoisotopic (exact) mass is 327 g/mol. The molecular formula is C12H10BrNO3S. The molecule has 1 aromatic heterocycles. The molecular weight excluding hydrogens is 318 g/mol. The van der Waals surface area contributed by atoms with Gasteiger partial charge in [0.25, 0.3) is 0 Å². The van der Waals surface area contributed by atoms with Gasteiger partial charge in [0.15, 0.2) is 22.2 Å². The molecule has 0 N–H and O–H groups in total. The Bertz CT molecular complexity index is 661. The molecule has 0 aliphatic carbocycles. The first kappa shape index (κ1) is 13.0. The normalized spacial score (nSPS) is 11.4. The lowest BCUT2D eigenvalue weighted by Crippen LogP contribution is -2.24. The number of halogens is 1. The number of hydrogen-bond donors (Lipinski definition) is 0. The van der Waals surface area contributed by atoms with Gasteiger partial charge in [0.1, 0.15) is 0 Å². The van der Waals surface area contributed by atoms with Gasteiger partial charge >= 0.3 is 0 Å². The molecule has 0 spiro atoms. The van der Waals surface area contributed by atoms with E-state index in [1.165, 1.54) is 24.5 Å². The topological polar surface area (TPSA) is 61.1 Å². The fourth-order valence-corrected chi connectivity index (χ4v) is 2.65. The van der Waals surface area contributed by atoms with Crippen LogP contribution in [0.5, 0.6) is 0 Å². The second kappa shape index (κ2) is 4.70. The Kier molecular flexibility index (Phi) is 3.41. The summed E-state index contributed by atoms with van der Waals surface area (Å²) in [6.45, 7) is 0. The SMILES string of the molecule is CS(=O)(=O)c1ccc(-c2cc(Br)c[n+]([O-])c2)cc1. The van der Waals surface area contributed by atoms with Gasteiger partial charge in [0.2, 0.25) is 0 Å². The van der Waals surface area contributed by atoms with Gasteiger partial charge in [-0.15, -0.1) is 0 Å². The van der Waals surface area contributed by atoms with Crippen LogP contribution < -0.4 is 4.73 Å². The number of pyridine rings is 1. The molecule has 2 aromatic rings. The second-order valence-electron chi connectivity index (χ2n) is 3.90. The summed E-state index contributed by atoms with van der Waals surface area (Å²) in [7, 11) is -3.19. The van der Waals surface area contributed by atoms with E-state index in [4.69, 9.17) is 0 Å². The Labute approximate surface area is 114 Å². The Morgan fingerprint density at radius 1 is 1.11 bits per heavy atom. The van der Waals surface area contributed by atoms with Gasteiger partial charge in [0.05, 0.1) is 9.37 Å². The molecule has 0 radical (unpaired) electrons. The summed E-state index contributed by atoms with van der Waals surface area (Å²) in [6.07, 6.45) is 3.99. The van der Waals surface area contributed by atoms with Crippen molar-refractivity contribution in [3.05, 3.63) is 52.4 Å². The Morgan fingerprint density at radius 3 is 2.22 bits per heavy atom. The molecule has 6 heteroatoms. The number of sulfone groups is 1. The molecule has 0 atom stereocenters. The van der Waals surface area contributed by atoms with E-state index in [2.05, 4.69) is 15.9 Å². The molecule has 0 unspecified atom stereocenters. The van der Waals surface area contributed by atoms with Gasteiger partial charge in [-0.05, 0) is 39.7 Å². The quantitative estimate of drug-likeness (QED) is 0.627. The zero-order valence-electron chi connectivity index (χ0n) is 9.50. The van der Waals surface area contributed by atoms with E-state index in [9.17, 15) is 13.6 Å². The molecule has 4 nitrogen and oxygen atoms in total. The van der Waals surface area contributed by atoms with Gasteiger partial charge in [-0.3, -0.25) is 0 Å². The number of nitrogens with zero attached hydrogens (tertiary/aromatic N) is 1. The largest absolute Gasteiger partial charge is 0.619 e. The highest BCUT2D eigenvalue weighted by atomic mass is 79.9. The van der Waals surface area contributed by atoms with E-state index < -0.39 is 9.84 Å². The molecule has 18 heavy (non-hydrogen) atoms. The molecule has 2 rings (SSSR count). The lowest BCUT2D eigenvalue weighted by Gasteiger charge is -2.04. The summed E-state index contributed by atoms with van der Waals surface area (Å²) >= 11 is 3.24. The zero-order chi connectivity index (χ0) is 13.3. The number of aromatic nitrogens is 1. The van der Waals surface area contributed by atoms with Crippen molar-refractivity contribution in [2.45, 2.75) is 4.90 Å². The van der Waals surface area contributed by atoms with Crippen LogP contribution in [0.1, 0.15) is 0 Å². The molecule has 0 saturated heterocycles. The van der Waals surface area contributed by atoms with Crippen molar-refractivity contribution in [1.29, 1.82) is 0 Å². The van der Waals surface area contributed by atoms with Crippen LogP contribution in [0, 0.1) is 5.21 Å². The van der Waals surface area contributed by atoms with Gasteiger partial charge < -0.3 is 5.21 Å². The molecule has 0 saturated carbocycles. The van der Waals surface area contributed by atoms with Gasteiger partial charge in [-0.2, -0.15) is 4.73 Å². The van der Waals surface area contributed by atoms with Crippen LogP contribution in [0.25, 0.3) is 11.1 Å². The lowest BCUT2D eigenvalue weighted by molar-refractivity contribution is -0.605. The average Bonchev–Trinajstić information content (AvgIpc) is 2.27. The Balaban J connectivity index is 2.46. The number of hydrogen-bond acceptors (Lipinski definition) is 3. The summed E-state index contributed by atoms with van der Waals surface area (Å²) < 4.78 is 24.0. The molecule has 0 amide bonds. The van der Waals surface area contributed by atoms with Crippen molar-refractivity contribution in [3.63, 3.8) is 0 Å². The average molecular weight is 328 g/mol. The number of benzene rings is 1. The van der Waals surface area contributed by atoms with Gasteiger partial charge in [0, 0.05) is 11.8 Å². The van der Waals surface area contributed by atoms with E-state index in [1.54, 1.807) is 18.2 Å². The maximum absolute atomic E-state index is 11.3. The van der Waals surface area contributed by atoms with E-state index in [0.29, 0.717) is 9.20 Å². The predicted octanol–water partition coefficient (Wildman–Crippen LogP) is 2.15. The van der Waals surface area contributed by atoms with Crippen LogP contribution in [0.3, 0.4) is 0 Å². The Morgan fingerprint density at radius 2 is 1.72 bits per heavy atom. The molecule has 0 bridgehead atoms. The third kappa shape index (κ3) is 2.88. The van der Waals surface area contributed by atoms with Crippen molar-refractivity contribution < 1.29 is 13.1 Å². The standard InChI is InChI=1S/C12H10BrNO3S/c1-18(16,17)12-4-2-9(3-5-12)10-6-11(13)8-14(15)7-10/h2-8H,1H3. The smallest absolute Gasteiger partial charge is 0.194 e. The zero-order valence-corrected chi connectivity index (χ0v) is 11.9. The fourth-order valence-electron chi connectivity index (χ4n) is 1.57. The highest BCUT2D eigenvalue weighted by molar-refractivity contribution is 9.10. The lowest BCUT2D eigenvalue weighted by atomic mass is 10.1. The molecule has 0 aliphatic rings. The summed E-state index contributed by atoms with van der Waals surface area (Å²) in [5.74, 6) is 0. The van der Waals surface area contributed by atoms with Crippen molar-refractivity contribution in [3.8, 4) is 11.1 Å². The van der Waals surface area contributed by atoms with E-state index in [1.807, 2.05) is 0 Å². The second-order valence-corrected chi connectivity index (χ2v) is 6.83. The van der Waals surface area contributed by atoms with Crippen LogP contribution in [0.15, 0.2) is 52.1 Å². The highest BCUT2D eigenvalue weighted by Gasteiger charge is 2.08. The van der Waals surface area contributed by atoms with Crippen LogP contribution in [0.4, 0.5) is 0 Å². The third-order valence-corrected chi connectivity index (χ3v) is 3.99. The van der Waals surface area contributed by atoms with Crippen LogP contribution >= 0.6 is 15.9 Å².